The Balaban J connectivity index is 3.46. The zero-order valence-corrected chi connectivity index (χ0v) is 13.1. The first-order chi connectivity index (χ1) is 8.57. The highest BCUT2D eigenvalue weighted by Crippen LogP contribution is 2.35. The molecule has 0 spiro atoms. The van der Waals surface area contributed by atoms with Gasteiger partial charge in [-0.1, -0.05) is 27.7 Å². The minimum absolute atomic E-state index is 0.168. The summed E-state index contributed by atoms with van der Waals surface area (Å²) in [5.41, 5.74) is 1.26. The van der Waals surface area contributed by atoms with Crippen LogP contribution in [0.5, 0.6) is 5.75 Å². The Hall–Kier alpha value is -1.07. The zero-order chi connectivity index (χ0) is 14.8. The van der Waals surface area contributed by atoms with Gasteiger partial charge in [-0.3, -0.25) is 0 Å². The Labute approximate surface area is 116 Å². The van der Waals surface area contributed by atoms with Crippen LogP contribution in [-0.2, 0) is 15.4 Å². The molecule has 0 bridgehead atoms. The molecular formula is C14H23NO3S. The van der Waals surface area contributed by atoms with Crippen molar-refractivity contribution in [2.45, 2.75) is 51.3 Å². The number of primary sulfonamides is 1. The third-order valence-electron chi connectivity index (χ3n) is 2.85. The maximum Gasteiger partial charge on any atom is 0.238 e. The molecule has 0 aliphatic heterocycles. The fraction of sp³-hybridized carbons (Fsp3) is 0.571. The normalized spacial score (nSPS) is 12.5. The summed E-state index contributed by atoms with van der Waals surface area (Å²) in [5.74, 6) is 0.735. The molecule has 0 radical (unpaired) electrons. The third kappa shape index (κ3) is 3.94. The molecule has 1 rings (SSSR count). The lowest BCUT2D eigenvalue weighted by molar-refractivity contribution is 0.308. The van der Waals surface area contributed by atoms with Crippen LogP contribution in [0.15, 0.2) is 17.0 Å². The average Bonchev–Trinajstić information content (AvgIpc) is 2.22. The molecule has 0 saturated heterocycles. The van der Waals surface area contributed by atoms with Gasteiger partial charge in [0.2, 0.25) is 10.0 Å². The monoisotopic (exact) mass is 285 g/mol. The summed E-state index contributed by atoms with van der Waals surface area (Å²) in [6, 6.07) is 3.39. The summed E-state index contributed by atoms with van der Waals surface area (Å²) < 4.78 is 28.9. The molecule has 0 saturated carbocycles. The van der Waals surface area contributed by atoms with E-state index in [0.717, 1.165) is 17.7 Å². The first-order valence-corrected chi connectivity index (χ1v) is 7.92. The second-order valence-corrected chi connectivity index (χ2v) is 7.29. The quantitative estimate of drug-likeness (QED) is 0.924. The minimum atomic E-state index is -3.71. The summed E-state index contributed by atoms with van der Waals surface area (Å²) in [6.45, 7) is 10.4. The van der Waals surface area contributed by atoms with Gasteiger partial charge in [0, 0.05) is 5.56 Å². The molecule has 0 amide bonds. The Morgan fingerprint density at radius 1 is 1.26 bits per heavy atom. The SMILES string of the molecule is CCCOc1cc(C)c(S(N)(=O)=O)cc1C(C)(C)C. The van der Waals surface area contributed by atoms with Gasteiger partial charge in [0.05, 0.1) is 11.5 Å². The molecule has 19 heavy (non-hydrogen) atoms. The number of rotatable bonds is 4. The van der Waals surface area contributed by atoms with E-state index in [1.807, 2.05) is 27.7 Å². The van der Waals surface area contributed by atoms with Gasteiger partial charge in [0.15, 0.2) is 0 Å². The third-order valence-corrected chi connectivity index (χ3v) is 3.91. The lowest BCUT2D eigenvalue weighted by Gasteiger charge is -2.24. The molecule has 1 aromatic carbocycles. The second kappa shape index (κ2) is 5.51. The van der Waals surface area contributed by atoms with E-state index < -0.39 is 10.0 Å². The number of ether oxygens (including phenoxy) is 1. The Morgan fingerprint density at radius 3 is 2.26 bits per heavy atom. The zero-order valence-electron chi connectivity index (χ0n) is 12.3. The highest BCUT2D eigenvalue weighted by atomic mass is 32.2. The van der Waals surface area contributed by atoms with Crippen molar-refractivity contribution >= 4 is 10.0 Å². The molecule has 0 heterocycles. The van der Waals surface area contributed by atoms with Crippen LogP contribution in [0.1, 0.15) is 45.2 Å². The van der Waals surface area contributed by atoms with Crippen molar-refractivity contribution in [3.05, 3.63) is 23.3 Å². The van der Waals surface area contributed by atoms with Gasteiger partial charge < -0.3 is 4.74 Å². The predicted molar refractivity (Wildman–Crippen MR) is 77.0 cm³/mol. The Bertz CT molecular complexity index is 557. The van der Waals surface area contributed by atoms with E-state index >= 15 is 0 Å². The van der Waals surface area contributed by atoms with Gasteiger partial charge in [-0.05, 0) is 36.5 Å². The fourth-order valence-electron chi connectivity index (χ4n) is 1.89. The lowest BCUT2D eigenvalue weighted by Crippen LogP contribution is -2.19. The molecule has 0 fully saturated rings. The van der Waals surface area contributed by atoms with Crippen molar-refractivity contribution in [2.24, 2.45) is 5.14 Å². The topological polar surface area (TPSA) is 69.4 Å². The van der Waals surface area contributed by atoms with Gasteiger partial charge in [-0.2, -0.15) is 0 Å². The summed E-state index contributed by atoms with van der Waals surface area (Å²) in [7, 11) is -3.71. The van der Waals surface area contributed by atoms with Crippen LogP contribution in [0.4, 0.5) is 0 Å². The van der Waals surface area contributed by atoms with Crippen LogP contribution in [0.3, 0.4) is 0 Å². The van der Waals surface area contributed by atoms with E-state index in [4.69, 9.17) is 9.88 Å². The molecule has 0 aromatic heterocycles. The second-order valence-electron chi connectivity index (χ2n) is 5.76. The van der Waals surface area contributed by atoms with Crippen LogP contribution in [0.25, 0.3) is 0 Å². The van der Waals surface area contributed by atoms with E-state index in [0.29, 0.717) is 12.2 Å². The predicted octanol–water partition coefficient (Wildman–Crippen LogP) is 2.73. The largest absolute Gasteiger partial charge is 0.493 e. The summed E-state index contributed by atoms with van der Waals surface area (Å²) in [5, 5.41) is 5.25. The van der Waals surface area contributed by atoms with Crippen LogP contribution in [-0.4, -0.2) is 15.0 Å². The fourth-order valence-corrected chi connectivity index (χ4v) is 2.68. The van der Waals surface area contributed by atoms with Gasteiger partial charge in [-0.15, -0.1) is 0 Å². The molecule has 1 aromatic rings. The highest BCUT2D eigenvalue weighted by molar-refractivity contribution is 7.89. The van der Waals surface area contributed by atoms with Crippen molar-refractivity contribution in [1.29, 1.82) is 0 Å². The average molecular weight is 285 g/mol. The van der Waals surface area contributed by atoms with Crippen molar-refractivity contribution in [3.8, 4) is 5.75 Å². The Morgan fingerprint density at radius 2 is 1.84 bits per heavy atom. The van der Waals surface area contributed by atoms with E-state index in [2.05, 4.69) is 0 Å². The van der Waals surface area contributed by atoms with Crippen molar-refractivity contribution < 1.29 is 13.2 Å². The minimum Gasteiger partial charge on any atom is -0.493 e. The lowest BCUT2D eigenvalue weighted by atomic mass is 9.86. The van der Waals surface area contributed by atoms with Crippen molar-refractivity contribution in [1.82, 2.24) is 0 Å². The molecule has 5 heteroatoms. The molecule has 108 valence electrons. The Kier molecular flexibility index (Phi) is 4.63. The molecule has 0 unspecified atom stereocenters. The maximum absolute atomic E-state index is 11.6. The molecule has 0 aliphatic rings. The van der Waals surface area contributed by atoms with Crippen LogP contribution >= 0.6 is 0 Å². The highest BCUT2D eigenvalue weighted by Gasteiger charge is 2.23. The smallest absolute Gasteiger partial charge is 0.238 e. The summed E-state index contributed by atoms with van der Waals surface area (Å²) in [6.07, 6.45) is 0.902. The number of benzene rings is 1. The number of nitrogens with two attached hydrogens (primary N) is 1. The first-order valence-electron chi connectivity index (χ1n) is 6.38. The van der Waals surface area contributed by atoms with Gasteiger partial charge >= 0.3 is 0 Å². The van der Waals surface area contributed by atoms with E-state index in [-0.39, 0.29) is 10.3 Å². The number of aryl methyl sites for hydroxylation is 1. The van der Waals surface area contributed by atoms with Crippen LogP contribution in [0.2, 0.25) is 0 Å². The van der Waals surface area contributed by atoms with E-state index in [1.54, 1.807) is 19.1 Å². The van der Waals surface area contributed by atoms with Crippen LogP contribution in [0, 0.1) is 6.92 Å². The van der Waals surface area contributed by atoms with Crippen LogP contribution < -0.4 is 9.88 Å². The summed E-state index contributed by atoms with van der Waals surface area (Å²) in [4.78, 5) is 0.168. The number of sulfonamides is 1. The molecular weight excluding hydrogens is 262 g/mol. The van der Waals surface area contributed by atoms with Crippen molar-refractivity contribution in [3.63, 3.8) is 0 Å². The maximum atomic E-state index is 11.6. The van der Waals surface area contributed by atoms with Crippen molar-refractivity contribution in [2.75, 3.05) is 6.61 Å². The van der Waals surface area contributed by atoms with Gasteiger partial charge in [-0.25, -0.2) is 13.6 Å². The number of hydrogen-bond acceptors (Lipinski definition) is 3. The standard InChI is InChI=1S/C14H23NO3S/c1-6-7-18-12-8-10(2)13(19(15,16)17)9-11(12)14(3,4)5/h8-9H,6-7H2,1-5H3,(H2,15,16,17). The molecule has 0 atom stereocenters. The molecule has 4 nitrogen and oxygen atoms in total. The van der Waals surface area contributed by atoms with E-state index in [1.165, 1.54) is 0 Å². The molecule has 0 aliphatic carbocycles. The van der Waals surface area contributed by atoms with Gasteiger partial charge in [0.25, 0.3) is 0 Å². The van der Waals surface area contributed by atoms with E-state index in [9.17, 15) is 8.42 Å². The first kappa shape index (κ1) is 16.0. The molecule has 2 N–H and O–H groups in total. The van der Waals surface area contributed by atoms with Gasteiger partial charge in [0.1, 0.15) is 5.75 Å². The summed E-state index contributed by atoms with van der Waals surface area (Å²) >= 11 is 0. The number of hydrogen-bond donors (Lipinski definition) is 1.